The Hall–Kier alpha value is -2.56. The summed E-state index contributed by atoms with van der Waals surface area (Å²) in [6, 6.07) is 26.6. The summed E-state index contributed by atoms with van der Waals surface area (Å²) in [5.74, 6) is 0.498. The molecular formula is C24H21BrN2O4S2. The van der Waals surface area contributed by atoms with Gasteiger partial charge in [0.05, 0.1) is 16.3 Å². The lowest BCUT2D eigenvalue weighted by atomic mass is 10.1. The van der Waals surface area contributed by atoms with E-state index in [1.165, 1.54) is 0 Å². The Bertz CT molecular complexity index is 1380. The van der Waals surface area contributed by atoms with Crippen LogP contribution in [-0.2, 0) is 14.0 Å². The summed E-state index contributed by atoms with van der Waals surface area (Å²) in [5, 5.41) is 0. The smallest absolute Gasteiger partial charge is 0.263 e. The van der Waals surface area contributed by atoms with Crippen molar-refractivity contribution in [3.63, 3.8) is 0 Å². The number of nitrogens with zero attached hydrogens (tertiary/aromatic N) is 2. The summed E-state index contributed by atoms with van der Waals surface area (Å²) in [4.78, 5) is 10.2. The minimum Gasteiger partial charge on any atom is -0.263 e. The lowest BCUT2D eigenvalue weighted by Crippen LogP contribution is -2.13. The predicted octanol–water partition coefficient (Wildman–Crippen LogP) is 6.40. The SMILES string of the molecule is CS(C)(OS(=O)(=O)O)c1c(-c2ccccc2)nc(-c2ccccc2)nc1-c1ccc(Br)cc1. The van der Waals surface area contributed by atoms with Gasteiger partial charge in [0.1, 0.15) is 0 Å². The summed E-state index contributed by atoms with van der Waals surface area (Å²) in [5.41, 5.74) is 3.46. The van der Waals surface area contributed by atoms with Gasteiger partial charge in [-0.1, -0.05) is 99.0 Å². The Morgan fingerprint density at radius 1 is 0.727 bits per heavy atom. The first-order valence-electron chi connectivity index (χ1n) is 9.85. The molecule has 0 aliphatic heterocycles. The van der Waals surface area contributed by atoms with Crippen molar-refractivity contribution >= 4 is 36.6 Å². The van der Waals surface area contributed by atoms with E-state index in [0.717, 1.165) is 21.2 Å². The van der Waals surface area contributed by atoms with Crippen LogP contribution in [0.5, 0.6) is 0 Å². The van der Waals surface area contributed by atoms with Crippen LogP contribution in [0.2, 0.25) is 0 Å². The summed E-state index contributed by atoms with van der Waals surface area (Å²) >= 11 is 3.45. The Labute approximate surface area is 203 Å². The molecule has 4 aromatic rings. The monoisotopic (exact) mass is 544 g/mol. The molecule has 1 heterocycles. The topological polar surface area (TPSA) is 89.4 Å². The molecule has 0 saturated carbocycles. The number of aromatic nitrogens is 2. The van der Waals surface area contributed by atoms with Gasteiger partial charge in [-0.3, -0.25) is 4.55 Å². The standard InChI is InChI=1S/C24H21BrN2O4S2/c1-32(2,31-33(28,29)30)23-21(17-9-5-3-6-10-17)26-24(19-11-7-4-8-12-19)27-22(23)18-13-15-20(25)16-14-18/h3-16H,1-2H3,(H,28,29,30). The Kier molecular flexibility index (Phi) is 6.69. The van der Waals surface area contributed by atoms with Crippen molar-refractivity contribution in [1.29, 1.82) is 0 Å². The van der Waals surface area contributed by atoms with Crippen LogP contribution in [0.15, 0.2) is 94.3 Å². The van der Waals surface area contributed by atoms with Crippen molar-refractivity contribution in [2.24, 2.45) is 0 Å². The zero-order valence-corrected chi connectivity index (χ0v) is 21.1. The van der Waals surface area contributed by atoms with E-state index in [4.69, 9.17) is 13.6 Å². The predicted molar refractivity (Wildman–Crippen MR) is 136 cm³/mol. The normalized spacial score (nSPS) is 12.5. The maximum atomic E-state index is 11.8. The van der Waals surface area contributed by atoms with E-state index in [1.54, 1.807) is 12.5 Å². The summed E-state index contributed by atoms with van der Waals surface area (Å²) in [6.45, 7) is 0. The molecule has 1 N–H and O–H groups in total. The zero-order chi connectivity index (χ0) is 23.6. The molecule has 0 radical (unpaired) electrons. The molecule has 0 unspecified atom stereocenters. The van der Waals surface area contributed by atoms with Crippen molar-refractivity contribution in [2.75, 3.05) is 12.5 Å². The largest absolute Gasteiger partial charge is 0.407 e. The first kappa shape index (κ1) is 23.6. The van der Waals surface area contributed by atoms with Gasteiger partial charge in [-0.05, 0) is 24.6 Å². The van der Waals surface area contributed by atoms with Crippen LogP contribution in [0.3, 0.4) is 0 Å². The van der Waals surface area contributed by atoms with Crippen molar-refractivity contribution in [1.82, 2.24) is 9.97 Å². The minimum atomic E-state index is -4.72. The fourth-order valence-electron chi connectivity index (χ4n) is 3.48. The summed E-state index contributed by atoms with van der Waals surface area (Å²) in [7, 11) is -7.28. The van der Waals surface area contributed by atoms with Gasteiger partial charge in [-0.2, -0.15) is 12.0 Å². The Morgan fingerprint density at radius 2 is 1.18 bits per heavy atom. The lowest BCUT2D eigenvalue weighted by Gasteiger charge is -2.32. The second-order valence-corrected chi connectivity index (χ2v) is 12.7. The van der Waals surface area contributed by atoms with E-state index in [2.05, 4.69) is 15.9 Å². The third-order valence-corrected chi connectivity index (χ3v) is 8.76. The third kappa shape index (κ3) is 5.51. The van der Waals surface area contributed by atoms with E-state index in [1.807, 2.05) is 84.9 Å². The van der Waals surface area contributed by atoms with E-state index >= 15 is 0 Å². The molecule has 1 aromatic heterocycles. The van der Waals surface area contributed by atoms with E-state index in [-0.39, 0.29) is 0 Å². The van der Waals surface area contributed by atoms with Crippen molar-refractivity contribution in [3.05, 3.63) is 89.4 Å². The second-order valence-electron chi connectivity index (χ2n) is 7.54. The van der Waals surface area contributed by atoms with Crippen molar-refractivity contribution in [2.45, 2.75) is 4.90 Å². The summed E-state index contributed by atoms with van der Waals surface area (Å²) in [6.07, 6.45) is 3.30. The van der Waals surface area contributed by atoms with Gasteiger partial charge in [-0.25, -0.2) is 9.97 Å². The first-order chi connectivity index (χ1) is 15.6. The molecule has 3 aromatic carbocycles. The van der Waals surface area contributed by atoms with Crippen LogP contribution >= 0.6 is 26.2 Å². The average Bonchev–Trinajstić information content (AvgIpc) is 2.78. The highest BCUT2D eigenvalue weighted by Gasteiger charge is 2.32. The Morgan fingerprint density at radius 3 is 1.67 bits per heavy atom. The zero-order valence-electron chi connectivity index (χ0n) is 17.8. The van der Waals surface area contributed by atoms with Gasteiger partial charge < -0.3 is 0 Å². The van der Waals surface area contributed by atoms with Crippen LogP contribution in [0.25, 0.3) is 33.9 Å². The van der Waals surface area contributed by atoms with Crippen molar-refractivity contribution < 1.29 is 16.6 Å². The van der Waals surface area contributed by atoms with Crippen LogP contribution in [-0.4, -0.2) is 35.5 Å². The highest BCUT2D eigenvalue weighted by Crippen LogP contribution is 2.58. The fraction of sp³-hybridized carbons (Fsp3) is 0.0833. The van der Waals surface area contributed by atoms with Crippen LogP contribution in [0, 0.1) is 0 Å². The third-order valence-electron chi connectivity index (χ3n) is 4.81. The summed E-state index contributed by atoms with van der Waals surface area (Å²) < 4.78 is 39.2. The van der Waals surface area contributed by atoms with Crippen LogP contribution < -0.4 is 0 Å². The number of hydrogen-bond donors (Lipinski definition) is 1. The quantitative estimate of drug-likeness (QED) is 0.282. The molecule has 0 amide bonds. The number of halogens is 1. The molecule has 170 valence electrons. The second kappa shape index (κ2) is 9.36. The molecule has 0 aliphatic carbocycles. The van der Waals surface area contributed by atoms with E-state index in [0.29, 0.717) is 22.1 Å². The highest BCUT2D eigenvalue weighted by atomic mass is 79.9. The minimum absolute atomic E-state index is 0.498. The molecule has 0 atom stereocenters. The van der Waals surface area contributed by atoms with Crippen molar-refractivity contribution in [3.8, 4) is 33.9 Å². The van der Waals surface area contributed by atoms with Gasteiger partial charge in [0.2, 0.25) is 0 Å². The molecule has 33 heavy (non-hydrogen) atoms. The molecule has 0 fully saturated rings. The Balaban J connectivity index is 2.10. The van der Waals surface area contributed by atoms with E-state index in [9.17, 15) is 13.0 Å². The number of benzene rings is 3. The van der Waals surface area contributed by atoms with Gasteiger partial charge in [0.25, 0.3) is 0 Å². The number of rotatable bonds is 6. The molecule has 6 nitrogen and oxygen atoms in total. The van der Waals surface area contributed by atoms with Gasteiger partial charge in [-0.15, -0.1) is 0 Å². The maximum absolute atomic E-state index is 11.8. The fourth-order valence-corrected chi connectivity index (χ4v) is 6.99. The van der Waals surface area contributed by atoms with Gasteiger partial charge in [0.15, 0.2) is 5.82 Å². The van der Waals surface area contributed by atoms with Crippen LogP contribution in [0.4, 0.5) is 0 Å². The molecule has 0 spiro atoms. The van der Waals surface area contributed by atoms with Gasteiger partial charge in [0, 0.05) is 21.2 Å². The molecule has 4 rings (SSSR count). The number of hydrogen-bond acceptors (Lipinski definition) is 5. The molecule has 0 saturated heterocycles. The molecule has 0 aliphatic rings. The molecule has 9 heteroatoms. The lowest BCUT2D eigenvalue weighted by molar-refractivity contribution is 0.403. The highest BCUT2D eigenvalue weighted by molar-refractivity contribution is 9.10. The average molecular weight is 545 g/mol. The molecular weight excluding hydrogens is 524 g/mol. The molecule has 0 bridgehead atoms. The van der Waals surface area contributed by atoms with E-state index < -0.39 is 20.7 Å². The van der Waals surface area contributed by atoms with Gasteiger partial charge >= 0.3 is 10.4 Å². The maximum Gasteiger partial charge on any atom is 0.407 e. The van der Waals surface area contributed by atoms with Crippen LogP contribution in [0.1, 0.15) is 0 Å². The first-order valence-corrected chi connectivity index (χ1v) is 14.4.